The molecule has 0 N–H and O–H groups in total. The molecule has 2 aromatic rings. The van der Waals surface area contributed by atoms with Gasteiger partial charge in [0.25, 0.3) is 5.91 Å². The molecule has 0 radical (unpaired) electrons. The molecule has 0 atom stereocenters. The van der Waals surface area contributed by atoms with Crippen molar-refractivity contribution in [2.24, 2.45) is 4.99 Å². The second kappa shape index (κ2) is 12.1. The lowest BCUT2D eigenvalue weighted by atomic mass is 10.2. The van der Waals surface area contributed by atoms with E-state index >= 15 is 0 Å². The number of nitrogens with zero attached hydrogens (tertiary/aromatic N) is 2. The number of carbonyl (C=O) groups is 2. The molecule has 1 amide bonds. The highest BCUT2D eigenvalue weighted by Gasteiger charge is 2.32. The molecule has 0 bridgehead atoms. The first-order chi connectivity index (χ1) is 16.4. The van der Waals surface area contributed by atoms with E-state index in [1.807, 2.05) is 39.0 Å². The molecule has 1 aliphatic heterocycles. The maximum Gasteiger partial charge on any atom is 0.337 e. The molecule has 0 saturated carbocycles. The number of hydrogen-bond donors (Lipinski definition) is 0. The number of aliphatic imine (C=N–C) groups is 1. The van der Waals surface area contributed by atoms with Gasteiger partial charge in [-0.1, -0.05) is 13.0 Å². The number of amidine groups is 1. The molecule has 9 heteroatoms. The zero-order chi connectivity index (χ0) is 24.7. The molecule has 1 saturated heterocycles. The van der Waals surface area contributed by atoms with Gasteiger partial charge in [0, 0.05) is 6.54 Å². The number of hydrogen-bond acceptors (Lipinski definition) is 7. The van der Waals surface area contributed by atoms with Crippen molar-refractivity contribution in [2.45, 2.75) is 27.2 Å². The minimum Gasteiger partial charge on any atom is -0.490 e. The van der Waals surface area contributed by atoms with E-state index in [1.54, 1.807) is 29.2 Å². The molecule has 1 aliphatic rings. The number of esters is 1. The van der Waals surface area contributed by atoms with Crippen molar-refractivity contribution < 1.29 is 23.8 Å². The van der Waals surface area contributed by atoms with Gasteiger partial charge in [-0.2, -0.15) is 0 Å². The number of likely N-dealkylation sites (N-methyl/N-ethyl adjacent to an activating group) is 1. The van der Waals surface area contributed by atoms with E-state index in [2.05, 4.69) is 20.9 Å². The third-order valence-corrected chi connectivity index (χ3v) is 6.37. The van der Waals surface area contributed by atoms with Crippen LogP contribution in [0.15, 0.2) is 50.8 Å². The average molecular weight is 547 g/mol. The van der Waals surface area contributed by atoms with Gasteiger partial charge >= 0.3 is 5.97 Å². The third-order valence-electron chi connectivity index (χ3n) is 4.78. The van der Waals surface area contributed by atoms with E-state index in [4.69, 9.17) is 14.2 Å². The highest BCUT2D eigenvalue weighted by Crippen LogP contribution is 2.39. The molecule has 34 heavy (non-hydrogen) atoms. The highest BCUT2D eigenvalue weighted by molar-refractivity contribution is 9.10. The van der Waals surface area contributed by atoms with Gasteiger partial charge in [-0.3, -0.25) is 9.69 Å². The number of thioether (sulfide) groups is 1. The lowest BCUT2D eigenvalue weighted by molar-refractivity contribution is -0.122. The zero-order valence-electron chi connectivity index (χ0n) is 19.6. The van der Waals surface area contributed by atoms with Crippen LogP contribution in [-0.2, 0) is 9.53 Å². The van der Waals surface area contributed by atoms with Crippen LogP contribution in [0, 0.1) is 0 Å². The number of amides is 1. The fourth-order valence-electron chi connectivity index (χ4n) is 3.23. The number of rotatable bonds is 9. The predicted octanol–water partition coefficient (Wildman–Crippen LogP) is 6.05. The molecule has 7 nitrogen and oxygen atoms in total. The van der Waals surface area contributed by atoms with Crippen LogP contribution in [0.4, 0.5) is 5.69 Å². The van der Waals surface area contributed by atoms with E-state index in [9.17, 15) is 9.59 Å². The minimum atomic E-state index is -0.438. The van der Waals surface area contributed by atoms with E-state index in [-0.39, 0.29) is 5.91 Å². The van der Waals surface area contributed by atoms with Gasteiger partial charge in [0.15, 0.2) is 16.7 Å². The Morgan fingerprint density at radius 1 is 1.18 bits per heavy atom. The maximum atomic E-state index is 13.1. The number of ether oxygens (including phenoxy) is 3. The van der Waals surface area contributed by atoms with E-state index in [1.165, 1.54) is 18.9 Å². The standard InChI is InChI=1S/C25H27BrN2O5S/c1-5-11-33-22-19(26)12-16(13-20(22)32-7-3)14-21-23(29)28(6-2)25(34-21)27-18-10-8-9-17(15-18)24(30)31-4/h8-10,12-15H,5-7,11H2,1-4H3. The first kappa shape index (κ1) is 25.8. The summed E-state index contributed by atoms with van der Waals surface area (Å²) in [5.74, 6) is 0.704. The van der Waals surface area contributed by atoms with Crippen LogP contribution in [0.5, 0.6) is 11.5 Å². The highest BCUT2D eigenvalue weighted by atomic mass is 79.9. The van der Waals surface area contributed by atoms with Crippen molar-refractivity contribution in [3.05, 3.63) is 56.9 Å². The zero-order valence-corrected chi connectivity index (χ0v) is 22.0. The van der Waals surface area contributed by atoms with Crippen LogP contribution in [0.1, 0.15) is 43.1 Å². The molecule has 0 aliphatic carbocycles. The Kier molecular flexibility index (Phi) is 9.18. The molecule has 0 spiro atoms. The van der Waals surface area contributed by atoms with Crippen molar-refractivity contribution in [3.63, 3.8) is 0 Å². The Hall–Kier alpha value is -2.78. The van der Waals surface area contributed by atoms with Crippen LogP contribution in [0.25, 0.3) is 6.08 Å². The van der Waals surface area contributed by atoms with Crippen molar-refractivity contribution in [3.8, 4) is 11.5 Å². The second-order valence-electron chi connectivity index (χ2n) is 7.21. The smallest absolute Gasteiger partial charge is 0.337 e. The second-order valence-corrected chi connectivity index (χ2v) is 9.07. The average Bonchev–Trinajstić information content (AvgIpc) is 3.11. The topological polar surface area (TPSA) is 77.4 Å². The summed E-state index contributed by atoms with van der Waals surface area (Å²) in [6.45, 7) is 7.39. The number of benzene rings is 2. The molecule has 180 valence electrons. The van der Waals surface area contributed by atoms with Crippen LogP contribution >= 0.6 is 27.7 Å². The summed E-state index contributed by atoms with van der Waals surface area (Å²) in [5, 5.41) is 0.549. The first-order valence-electron chi connectivity index (χ1n) is 11.0. The lowest BCUT2D eigenvalue weighted by Crippen LogP contribution is -2.28. The van der Waals surface area contributed by atoms with Crippen molar-refractivity contribution in [1.82, 2.24) is 4.90 Å². The van der Waals surface area contributed by atoms with Crippen LogP contribution in [0.3, 0.4) is 0 Å². The van der Waals surface area contributed by atoms with Gasteiger partial charge in [0.1, 0.15) is 0 Å². The van der Waals surface area contributed by atoms with Crippen LogP contribution in [-0.4, -0.2) is 48.8 Å². The molecule has 3 rings (SSSR count). The largest absolute Gasteiger partial charge is 0.490 e. The molecule has 0 unspecified atom stereocenters. The summed E-state index contributed by atoms with van der Waals surface area (Å²) in [4.78, 5) is 31.7. The first-order valence-corrected chi connectivity index (χ1v) is 12.6. The van der Waals surface area contributed by atoms with Crippen LogP contribution in [0.2, 0.25) is 0 Å². The quantitative estimate of drug-likeness (QED) is 0.281. The SMILES string of the molecule is CCCOc1c(Br)cc(C=C2SC(=Nc3cccc(C(=O)OC)c3)N(CC)C2=O)cc1OCC. The predicted molar refractivity (Wildman–Crippen MR) is 139 cm³/mol. The van der Waals surface area contributed by atoms with Crippen molar-refractivity contribution >= 4 is 56.5 Å². The number of halogens is 1. The van der Waals surface area contributed by atoms with Gasteiger partial charge in [0.05, 0.1) is 41.0 Å². The summed E-state index contributed by atoms with van der Waals surface area (Å²) in [5.41, 5.74) is 1.77. The fraction of sp³-hybridized carbons (Fsp3) is 0.320. The van der Waals surface area contributed by atoms with E-state index in [0.29, 0.717) is 52.6 Å². The van der Waals surface area contributed by atoms with Gasteiger partial charge in [0.2, 0.25) is 0 Å². The van der Waals surface area contributed by atoms with Crippen LogP contribution < -0.4 is 9.47 Å². The van der Waals surface area contributed by atoms with E-state index < -0.39 is 5.97 Å². The number of carbonyl (C=O) groups excluding carboxylic acids is 2. The Balaban J connectivity index is 1.94. The summed E-state index contributed by atoms with van der Waals surface area (Å²) in [7, 11) is 1.33. The number of methoxy groups -OCH3 is 1. The molecule has 0 aromatic heterocycles. The summed E-state index contributed by atoms with van der Waals surface area (Å²) in [6, 6.07) is 10.6. The molecular weight excluding hydrogens is 520 g/mol. The molecule has 2 aromatic carbocycles. The maximum absolute atomic E-state index is 13.1. The molecule has 1 heterocycles. The minimum absolute atomic E-state index is 0.129. The Morgan fingerprint density at radius 2 is 1.97 bits per heavy atom. The van der Waals surface area contributed by atoms with Gasteiger partial charge in [-0.25, -0.2) is 9.79 Å². The van der Waals surface area contributed by atoms with Crippen molar-refractivity contribution in [2.75, 3.05) is 26.9 Å². The third kappa shape index (κ3) is 6.01. The van der Waals surface area contributed by atoms with Gasteiger partial charge in [-0.05, 0) is 89.9 Å². The summed E-state index contributed by atoms with van der Waals surface area (Å²) in [6.07, 6.45) is 2.70. The Labute approximate surface area is 212 Å². The Bertz CT molecular complexity index is 1130. The van der Waals surface area contributed by atoms with Gasteiger partial charge in [-0.15, -0.1) is 0 Å². The molecule has 1 fully saturated rings. The normalized spacial score (nSPS) is 15.8. The van der Waals surface area contributed by atoms with E-state index in [0.717, 1.165) is 16.5 Å². The Morgan fingerprint density at radius 3 is 2.65 bits per heavy atom. The fourth-order valence-corrected chi connectivity index (χ4v) is 4.87. The monoisotopic (exact) mass is 546 g/mol. The van der Waals surface area contributed by atoms with Crippen molar-refractivity contribution in [1.29, 1.82) is 0 Å². The van der Waals surface area contributed by atoms with Gasteiger partial charge < -0.3 is 14.2 Å². The summed E-state index contributed by atoms with van der Waals surface area (Å²) < 4.78 is 17.2. The lowest BCUT2D eigenvalue weighted by Gasteiger charge is -2.14. The summed E-state index contributed by atoms with van der Waals surface area (Å²) >= 11 is 4.86. The molecular formula is C25H27BrN2O5S.